The summed E-state index contributed by atoms with van der Waals surface area (Å²) >= 11 is 5.48. The average Bonchev–Trinajstić information content (AvgIpc) is 2.59. The monoisotopic (exact) mass is 309 g/mol. The first-order valence-corrected chi connectivity index (χ1v) is 7.22. The summed E-state index contributed by atoms with van der Waals surface area (Å²) in [6.45, 7) is 4.27. The van der Waals surface area contributed by atoms with E-state index in [1.165, 1.54) is 25.4 Å². The summed E-state index contributed by atoms with van der Waals surface area (Å²) in [6.07, 6.45) is 0. The Morgan fingerprint density at radius 1 is 1.24 bits per heavy atom. The highest BCUT2D eigenvalue weighted by molar-refractivity contribution is 9.10. The summed E-state index contributed by atoms with van der Waals surface area (Å²) < 4.78 is 1.20. The van der Waals surface area contributed by atoms with Gasteiger partial charge >= 0.3 is 0 Å². The van der Waals surface area contributed by atoms with Crippen LogP contribution in [0.3, 0.4) is 0 Å². The molecule has 0 saturated heterocycles. The molecule has 17 heavy (non-hydrogen) atoms. The zero-order valence-corrected chi connectivity index (χ0v) is 12.7. The Bertz CT molecular complexity index is 519. The number of thiophene rings is 1. The molecule has 1 heterocycles. The highest BCUT2D eigenvalue weighted by Gasteiger charge is 2.17. The van der Waals surface area contributed by atoms with Gasteiger partial charge in [0.25, 0.3) is 0 Å². The van der Waals surface area contributed by atoms with Gasteiger partial charge in [0.1, 0.15) is 0 Å². The van der Waals surface area contributed by atoms with E-state index < -0.39 is 0 Å². The van der Waals surface area contributed by atoms with Gasteiger partial charge in [-0.05, 0) is 48.5 Å². The molecule has 2 rings (SSSR count). The zero-order chi connectivity index (χ0) is 12.4. The predicted molar refractivity (Wildman–Crippen MR) is 78.8 cm³/mol. The van der Waals surface area contributed by atoms with E-state index in [0.29, 0.717) is 0 Å². The molecule has 1 aromatic heterocycles. The van der Waals surface area contributed by atoms with Gasteiger partial charge in [0, 0.05) is 14.2 Å². The largest absolute Gasteiger partial charge is 0.309 e. The summed E-state index contributed by atoms with van der Waals surface area (Å²) in [4.78, 5) is 2.68. The topological polar surface area (TPSA) is 12.0 Å². The molecule has 3 heteroatoms. The molecule has 0 spiro atoms. The van der Waals surface area contributed by atoms with Crippen LogP contribution in [0.4, 0.5) is 0 Å². The standard InChI is InChI=1S/C14H16BrNS/c1-9-5-4-6-11(7-9)13(16-3)14-12(15)8-10(2)17-14/h4-8,13,16H,1-3H3. The van der Waals surface area contributed by atoms with Gasteiger partial charge in [0.05, 0.1) is 6.04 Å². The fraction of sp³-hybridized carbons (Fsp3) is 0.286. The molecule has 2 aromatic rings. The molecule has 0 radical (unpaired) electrons. The summed E-state index contributed by atoms with van der Waals surface area (Å²) in [7, 11) is 2.01. The number of nitrogens with one attached hydrogen (secondary N) is 1. The second kappa shape index (κ2) is 5.34. The Kier molecular flexibility index (Phi) is 4.02. The Hall–Kier alpha value is -0.640. The van der Waals surface area contributed by atoms with Crippen molar-refractivity contribution in [2.75, 3.05) is 7.05 Å². The molecule has 1 N–H and O–H groups in total. The van der Waals surface area contributed by atoms with Crippen LogP contribution < -0.4 is 5.32 Å². The van der Waals surface area contributed by atoms with Gasteiger partial charge in [-0.25, -0.2) is 0 Å². The van der Waals surface area contributed by atoms with Crippen LogP contribution in [0.15, 0.2) is 34.8 Å². The Morgan fingerprint density at radius 3 is 2.53 bits per heavy atom. The smallest absolute Gasteiger partial charge is 0.0680 e. The van der Waals surface area contributed by atoms with Gasteiger partial charge in [-0.1, -0.05) is 29.8 Å². The Balaban J connectivity index is 2.43. The second-order valence-electron chi connectivity index (χ2n) is 4.21. The van der Waals surface area contributed by atoms with Crippen LogP contribution in [-0.2, 0) is 0 Å². The van der Waals surface area contributed by atoms with E-state index in [-0.39, 0.29) is 6.04 Å². The molecule has 0 bridgehead atoms. The number of aryl methyl sites for hydroxylation is 2. The van der Waals surface area contributed by atoms with Crippen LogP contribution in [-0.4, -0.2) is 7.05 Å². The third-order valence-electron chi connectivity index (χ3n) is 2.76. The van der Waals surface area contributed by atoms with E-state index >= 15 is 0 Å². The average molecular weight is 310 g/mol. The van der Waals surface area contributed by atoms with Crippen LogP contribution in [0, 0.1) is 13.8 Å². The lowest BCUT2D eigenvalue weighted by molar-refractivity contribution is 0.701. The molecule has 0 aliphatic carbocycles. The molecule has 0 aliphatic rings. The molecule has 0 aliphatic heterocycles. The van der Waals surface area contributed by atoms with E-state index in [1.807, 2.05) is 18.4 Å². The lowest BCUT2D eigenvalue weighted by Gasteiger charge is -2.16. The SMILES string of the molecule is CNC(c1cccc(C)c1)c1sc(C)cc1Br. The first-order chi connectivity index (χ1) is 8.11. The third kappa shape index (κ3) is 2.79. The molecular weight excluding hydrogens is 294 g/mol. The van der Waals surface area contributed by atoms with E-state index in [9.17, 15) is 0 Å². The highest BCUT2D eigenvalue weighted by atomic mass is 79.9. The van der Waals surface area contributed by atoms with Gasteiger partial charge in [0.15, 0.2) is 0 Å². The van der Waals surface area contributed by atoms with E-state index in [2.05, 4.69) is 65.4 Å². The minimum absolute atomic E-state index is 0.267. The Morgan fingerprint density at radius 2 is 2.00 bits per heavy atom. The summed E-state index contributed by atoms with van der Waals surface area (Å²) in [5.41, 5.74) is 2.61. The van der Waals surface area contributed by atoms with Gasteiger partial charge in [-0.2, -0.15) is 0 Å². The molecule has 1 atom stereocenters. The van der Waals surface area contributed by atoms with Crippen LogP contribution in [0.2, 0.25) is 0 Å². The second-order valence-corrected chi connectivity index (χ2v) is 6.35. The summed E-state index contributed by atoms with van der Waals surface area (Å²) in [6, 6.07) is 11.1. The van der Waals surface area contributed by atoms with Crippen LogP contribution in [0.5, 0.6) is 0 Å². The van der Waals surface area contributed by atoms with E-state index in [1.54, 1.807) is 0 Å². The maximum Gasteiger partial charge on any atom is 0.0680 e. The van der Waals surface area contributed by atoms with Crippen molar-refractivity contribution in [2.24, 2.45) is 0 Å². The molecule has 90 valence electrons. The number of benzene rings is 1. The van der Waals surface area contributed by atoms with Crippen LogP contribution in [0.25, 0.3) is 0 Å². The first-order valence-electron chi connectivity index (χ1n) is 5.61. The molecule has 0 fully saturated rings. The molecular formula is C14H16BrNS. The molecule has 0 saturated carbocycles. The predicted octanol–water partition coefficient (Wildman–Crippen LogP) is 4.44. The van der Waals surface area contributed by atoms with Gasteiger partial charge < -0.3 is 5.32 Å². The first kappa shape index (κ1) is 12.8. The maximum absolute atomic E-state index is 3.64. The zero-order valence-electron chi connectivity index (χ0n) is 10.3. The van der Waals surface area contributed by atoms with Gasteiger partial charge in [-0.3, -0.25) is 0 Å². The summed E-state index contributed by atoms with van der Waals surface area (Å²) in [5, 5.41) is 3.40. The van der Waals surface area contributed by atoms with Crippen molar-refractivity contribution in [2.45, 2.75) is 19.9 Å². The molecule has 0 amide bonds. The molecule has 1 aromatic carbocycles. The normalized spacial score (nSPS) is 12.7. The maximum atomic E-state index is 3.64. The lowest BCUT2D eigenvalue weighted by Crippen LogP contribution is -2.16. The number of halogens is 1. The quantitative estimate of drug-likeness (QED) is 0.884. The van der Waals surface area contributed by atoms with Crippen LogP contribution >= 0.6 is 27.3 Å². The van der Waals surface area contributed by atoms with Crippen molar-refractivity contribution in [3.8, 4) is 0 Å². The molecule has 1 nitrogen and oxygen atoms in total. The van der Waals surface area contributed by atoms with E-state index in [0.717, 1.165) is 0 Å². The highest BCUT2D eigenvalue weighted by Crippen LogP contribution is 2.35. The minimum atomic E-state index is 0.267. The lowest BCUT2D eigenvalue weighted by atomic mass is 10.0. The van der Waals surface area contributed by atoms with Crippen molar-refractivity contribution in [3.63, 3.8) is 0 Å². The van der Waals surface area contributed by atoms with Crippen molar-refractivity contribution in [3.05, 3.63) is 55.7 Å². The van der Waals surface area contributed by atoms with Crippen molar-refractivity contribution >= 4 is 27.3 Å². The van der Waals surface area contributed by atoms with Gasteiger partial charge in [-0.15, -0.1) is 11.3 Å². The fourth-order valence-electron chi connectivity index (χ4n) is 2.00. The third-order valence-corrected chi connectivity index (χ3v) is 4.80. The fourth-order valence-corrected chi connectivity index (χ4v) is 4.02. The van der Waals surface area contributed by atoms with E-state index in [4.69, 9.17) is 0 Å². The molecule has 1 unspecified atom stereocenters. The van der Waals surface area contributed by atoms with Gasteiger partial charge in [0.2, 0.25) is 0 Å². The van der Waals surface area contributed by atoms with Crippen molar-refractivity contribution in [1.82, 2.24) is 5.32 Å². The number of hydrogen-bond acceptors (Lipinski definition) is 2. The van der Waals surface area contributed by atoms with Crippen LogP contribution in [0.1, 0.15) is 26.9 Å². The number of hydrogen-bond donors (Lipinski definition) is 1. The number of rotatable bonds is 3. The van der Waals surface area contributed by atoms with Crippen molar-refractivity contribution < 1.29 is 0 Å². The Labute approximate surface area is 115 Å². The van der Waals surface area contributed by atoms with Crippen molar-refractivity contribution in [1.29, 1.82) is 0 Å². The summed E-state index contributed by atoms with van der Waals surface area (Å²) in [5.74, 6) is 0. The minimum Gasteiger partial charge on any atom is -0.309 e.